The summed E-state index contributed by atoms with van der Waals surface area (Å²) >= 11 is 1.11. The molecule has 2 rings (SSSR count). The van der Waals surface area contributed by atoms with E-state index in [-0.39, 0.29) is 17.6 Å². The number of hydrogen-bond donors (Lipinski definition) is 1. The highest BCUT2D eigenvalue weighted by molar-refractivity contribution is 7.10. The zero-order valence-corrected chi connectivity index (χ0v) is 10.3. The smallest absolute Gasteiger partial charge is 0.294 e. The van der Waals surface area contributed by atoms with Gasteiger partial charge in [-0.25, -0.2) is 0 Å². The molecule has 2 aromatic rings. The first-order valence-corrected chi connectivity index (χ1v) is 6.03. The van der Waals surface area contributed by atoms with Gasteiger partial charge in [-0.05, 0) is 6.42 Å². The van der Waals surface area contributed by atoms with Gasteiger partial charge in [0.05, 0.1) is 11.9 Å². The normalized spacial score (nSPS) is 12.4. The molecule has 1 amide bonds. The van der Waals surface area contributed by atoms with Gasteiger partial charge < -0.3 is 9.84 Å². The number of carbonyl (C=O) groups excluding carboxylic acids is 1. The highest BCUT2D eigenvalue weighted by Crippen LogP contribution is 2.19. The second-order valence-corrected chi connectivity index (χ2v) is 4.45. The van der Waals surface area contributed by atoms with E-state index in [2.05, 4.69) is 27.0 Å². The van der Waals surface area contributed by atoms with Crippen LogP contribution in [0, 0.1) is 0 Å². The van der Waals surface area contributed by atoms with Gasteiger partial charge in [-0.15, -0.1) is 5.10 Å². The van der Waals surface area contributed by atoms with E-state index in [1.807, 2.05) is 6.92 Å². The van der Waals surface area contributed by atoms with Crippen molar-refractivity contribution >= 4 is 22.4 Å². The summed E-state index contributed by atoms with van der Waals surface area (Å²) in [5.41, 5.74) is 0.792. The van der Waals surface area contributed by atoms with Crippen LogP contribution in [0.25, 0.3) is 0 Å². The van der Waals surface area contributed by atoms with E-state index in [1.165, 1.54) is 6.20 Å². The van der Waals surface area contributed by atoms with E-state index >= 15 is 0 Å². The fraction of sp³-hybridized carbons (Fsp3) is 0.400. The molecular formula is C10H12N4O2S. The number of aromatic nitrogens is 3. The lowest BCUT2D eigenvalue weighted by Gasteiger charge is -2.00. The zero-order valence-electron chi connectivity index (χ0n) is 9.51. The third-order valence-corrected chi connectivity index (χ3v) is 3.05. The first-order valence-electron chi connectivity index (χ1n) is 5.26. The van der Waals surface area contributed by atoms with Crippen LogP contribution in [0.15, 0.2) is 16.8 Å². The monoisotopic (exact) mass is 252 g/mol. The van der Waals surface area contributed by atoms with Gasteiger partial charge in [0.25, 0.3) is 5.91 Å². The molecule has 90 valence electrons. The Morgan fingerprint density at radius 1 is 1.65 bits per heavy atom. The number of rotatable bonds is 4. The second-order valence-electron chi connectivity index (χ2n) is 3.66. The molecule has 0 fully saturated rings. The summed E-state index contributed by atoms with van der Waals surface area (Å²) in [6.45, 7) is 4.09. The van der Waals surface area contributed by atoms with Gasteiger partial charge in [0, 0.05) is 23.5 Å². The summed E-state index contributed by atoms with van der Waals surface area (Å²) in [6, 6.07) is 1.66. The van der Waals surface area contributed by atoms with Gasteiger partial charge in [-0.1, -0.05) is 23.5 Å². The SMILES string of the molecule is CCC(C)c1cc(C(=O)Nc2cnns2)on1. The lowest BCUT2D eigenvalue weighted by Crippen LogP contribution is -2.09. The highest BCUT2D eigenvalue weighted by Gasteiger charge is 2.16. The van der Waals surface area contributed by atoms with Crippen molar-refractivity contribution in [1.82, 2.24) is 14.7 Å². The lowest BCUT2D eigenvalue weighted by atomic mass is 10.1. The van der Waals surface area contributed by atoms with E-state index in [0.717, 1.165) is 23.6 Å². The molecule has 1 unspecified atom stereocenters. The summed E-state index contributed by atoms with van der Waals surface area (Å²) in [4.78, 5) is 11.7. The molecule has 0 aliphatic heterocycles. The van der Waals surface area contributed by atoms with Crippen LogP contribution >= 0.6 is 11.5 Å². The molecule has 0 saturated heterocycles. The molecule has 0 aromatic carbocycles. The van der Waals surface area contributed by atoms with Gasteiger partial charge in [-0.3, -0.25) is 4.79 Å². The van der Waals surface area contributed by atoms with Crippen molar-refractivity contribution in [3.05, 3.63) is 23.7 Å². The average Bonchev–Trinajstić information content (AvgIpc) is 2.98. The molecule has 2 heterocycles. The standard InChI is InChI=1S/C10H12N4O2S/c1-3-6(2)7-4-8(16-13-7)10(15)12-9-5-11-14-17-9/h4-6H,3H2,1-2H3,(H,12,15). The molecule has 0 saturated carbocycles. The number of carbonyl (C=O) groups is 1. The molecule has 0 aliphatic rings. The molecule has 0 spiro atoms. The second kappa shape index (κ2) is 5.05. The lowest BCUT2D eigenvalue weighted by molar-refractivity contribution is 0.0988. The summed E-state index contributed by atoms with van der Waals surface area (Å²) in [7, 11) is 0. The summed E-state index contributed by atoms with van der Waals surface area (Å²) in [5, 5.41) is 10.7. The minimum atomic E-state index is -0.335. The molecule has 1 atom stereocenters. The van der Waals surface area contributed by atoms with Crippen molar-refractivity contribution in [1.29, 1.82) is 0 Å². The van der Waals surface area contributed by atoms with Crippen molar-refractivity contribution in [3.8, 4) is 0 Å². The largest absolute Gasteiger partial charge is 0.351 e. The van der Waals surface area contributed by atoms with Crippen LogP contribution in [0.3, 0.4) is 0 Å². The Balaban J connectivity index is 2.07. The molecule has 17 heavy (non-hydrogen) atoms. The first kappa shape index (κ1) is 11.7. The molecule has 0 aliphatic carbocycles. The van der Waals surface area contributed by atoms with E-state index in [4.69, 9.17) is 4.52 Å². The van der Waals surface area contributed by atoms with E-state index in [0.29, 0.717) is 5.00 Å². The Kier molecular flexibility index (Phi) is 3.48. The van der Waals surface area contributed by atoms with E-state index in [9.17, 15) is 4.79 Å². The predicted molar refractivity (Wildman–Crippen MR) is 63.1 cm³/mol. The fourth-order valence-corrected chi connectivity index (χ4v) is 1.65. The summed E-state index contributed by atoms with van der Waals surface area (Å²) < 4.78 is 8.65. The third kappa shape index (κ3) is 2.68. The van der Waals surface area contributed by atoms with Crippen LogP contribution in [0.5, 0.6) is 0 Å². The topological polar surface area (TPSA) is 80.9 Å². The number of anilines is 1. The summed E-state index contributed by atoms with van der Waals surface area (Å²) in [5.74, 6) is 0.150. The third-order valence-electron chi connectivity index (χ3n) is 2.47. The zero-order chi connectivity index (χ0) is 12.3. The maximum absolute atomic E-state index is 11.7. The Hall–Kier alpha value is -1.76. The highest BCUT2D eigenvalue weighted by atomic mass is 32.1. The predicted octanol–water partition coefficient (Wildman–Crippen LogP) is 2.29. The van der Waals surface area contributed by atoms with Crippen LogP contribution in [0.1, 0.15) is 42.4 Å². The molecule has 0 radical (unpaired) electrons. The van der Waals surface area contributed by atoms with Crippen LogP contribution in [-0.2, 0) is 0 Å². The van der Waals surface area contributed by atoms with Gasteiger partial charge in [0.1, 0.15) is 5.00 Å². The van der Waals surface area contributed by atoms with Gasteiger partial charge in [0.2, 0.25) is 5.76 Å². The Morgan fingerprint density at radius 2 is 2.47 bits per heavy atom. The van der Waals surface area contributed by atoms with Crippen molar-refractivity contribution in [2.75, 3.05) is 5.32 Å². The Labute approximate surface area is 102 Å². The summed E-state index contributed by atoms with van der Waals surface area (Å²) in [6.07, 6.45) is 2.43. The number of hydrogen-bond acceptors (Lipinski definition) is 6. The first-order chi connectivity index (χ1) is 8.20. The molecule has 1 N–H and O–H groups in total. The Bertz CT molecular complexity index is 494. The van der Waals surface area contributed by atoms with Crippen molar-refractivity contribution in [3.63, 3.8) is 0 Å². The molecule has 6 nitrogen and oxygen atoms in total. The molecule has 2 aromatic heterocycles. The molecule has 0 bridgehead atoms. The van der Waals surface area contributed by atoms with Gasteiger partial charge in [-0.2, -0.15) is 0 Å². The van der Waals surface area contributed by atoms with Crippen LogP contribution in [0.4, 0.5) is 5.00 Å². The Morgan fingerprint density at radius 3 is 3.12 bits per heavy atom. The minimum absolute atomic E-state index is 0.203. The van der Waals surface area contributed by atoms with E-state index in [1.54, 1.807) is 6.07 Å². The molecule has 7 heteroatoms. The van der Waals surface area contributed by atoms with Gasteiger partial charge in [0.15, 0.2) is 0 Å². The van der Waals surface area contributed by atoms with Crippen LogP contribution in [-0.4, -0.2) is 20.7 Å². The van der Waals surface area contributed by atoms with Crippen LogP contribution in [0.2, 0.25) is 0 Å². The fourth-order valence-electron chi connectivity index (χ4n) is 1.23. The van der Waals surface area contributed by atoms with Crippen molar-refractivity contribution in [2.24, 2.45) is 0 Å². The van der Waals surface area contributed by atoms with Crippen molar-refractivity contribution < 1.29 is 9.32 Å². The van der Waals surface area contributed by atoms with Gasteiger partial charge >= 0.3 is 0 Å². The number of amides is 1. The number of nitrogens with zero attached hydrogens (tertiary/aromatic N) is 3. The molecular weight excluding hydrogens is 240 g/mol. The number of nitrogens with one attached hydrogen (secondary N) is 1. The van der Waals surface area contributed by atoms with E-state index < -0.39 is 0 Å². The van der Waals surface area contributed by atoms with Crippen molar-refractivity contribution in [2.45, 2.75) is 26.2 Å². The maximum Gasteiger partial charge on any atom is 0.294 e. The quantitative estimate of drug-likeness (QED) is 0.902. The minimum Gasteiger partial charge on any atom is -0.351 e. The average molecular weight is 252 g/mol. The maximum atomic E-state index is 11.7. The van der Waals surface area contributed by atoms with Crippen LogP contribution < -0.4 is 5.32 Å².